The third kappa shape index (κ3) is 3.96. The Morgan fingerprint density at radius 1 is 1.33 bits per heavy atom. The highest BCUT2D eigenvalue weighted by Gasteiger charge is 2.28. The Bertz CT molecular complexity index is 728. The topological polar surface area (TPSA) is 46.0 Å². The molecule has 1 aromatic carbocycles. The third-order valence-electron chi connectivity index (χ3n) is 3.88. The first-order valence-electron chi connectivity index (χ1n) is 8.59. The summed E-state index contributed by atoms with van der Waals surface area (Å²) in [6.45, 7) is 7.90. The van der Waals surface area contributed by atoms with E-state index in [9.17, 15) is 0 Å². The fourth-order valence-electron chi connectivity index (χ4n) is 2.86. The van der Waals surface area contributed by atoms with E-state index in [-0.39, 0.29) is 6.10 Å². The normalized spacial score (nSPS) is 15.1. The molecule has 1 aliphatic rings. The molecule has 0 spiro atoms. The van der Waals surface area contributed by atoms with Crippen LogP contribution in [0.4, 0.5) is 0 Å². The summed E-state index contributed by atoms with van der Waals surface area (Å²) in [6, 6.07) is 9.74. The van der Waals surface area contributed by atoms with E-state index in [2.05, 4.69) is 11.9 Å². The highest BCUT2D eigenvalue weighted by molar-refractivity contribution is 6.30. The maximum atomic E-state index is 7.73. The molecule has 4 heteroatoms. The second kappa shape index (κ2) is 8.29. The van der Waals surface area contributed by atoms with E-state index in [1.165, 1.54) is 5.56 Å². The Morgan fingerprint density at radius 2 is 2.08 bits per heavy atom. The quantitative estimate of drug-likeness (QED) is 0.715. The molecule has 128 valence electrons. The fraction of sp³-hybridized carbons (Fsp3) is 0.400. The lowest BCUT2D eigenvalue weighted by molar-refractivity contribution is 0.231. The Hall–Kier alpha value is -1.87. The molecule has 3 rings (SSSR count). The van der Waals surface area contributed by atoms with Gasteiger partial charge >= 0.3 is 0 Å². The van der Waals surface area contributed by atoms with Gasteiger partial charge in [-0.3, -0.25) is 0 Å². The van der Waals surface area contributed by atoms with Crippen LogP contribution >= 0.6 is 11.6 Å². The average molecular weight is 345 g/mol. The number of aromatic nitrogens is 1. The first-order chi connectivity index (χ1) is 11.6. The third-order valence-corrected chi connectivity index (χ3v) is 4.10. The number of pyridine rings is 1. The number of halogens is 1. The maximum Gasteiger partial charge on any atom is 0.145 e. The van der Waals surface area contributed by atoms with Gasteiger partial charge in [0.05, 0.1) is 17.1 Å². The van der Waals surface area contributed by atoms with Crippen molar-refractivity contribution in [3.63, 3.8) is 0 Å². The van der Waals surface area contributed by atoms with E-state index >= 15 is 0 Å². The Morgan fingerprint density at radius 3 is 2.75 bits per heavy atom. The van der Waals surface area contributed by atoms with Crippen LogP contribution in [0.3, 0.4) is 0 Å². The summed E-state index contributed by atoms with van der Waals surface area (Å²) in [5.74, 6) is 0.968. The lowest BCUT2D eigenvalue weighted by atomic mass is 10.0. The fourth-order valence-corrected chi connectivity index (χ4v) is 3.12. The molecule has 0 saturated carbocycles. The summed E-state index contributed by atoms with van der Waals surface area (Å²) < 4.78 is 6.17. The smallest absolute Gasteiger partial charge is 0.145 e. The molecule has 0 radical (unpaired) electrons. The van der Waals surface area contributed by atoms with Crippen molar-refractivity contribution < 1.29 is 4.74 Å². The van der Waals surface area contributed by atoms with Gasteiger partial charge < -0.3 is 10.1 Å². The van der Waals surface area contributed by atoms with Crippen LogP contribution in [0.15, 0.2) is 30.3 Å². The molecular formula is C20H25ClN2O. The zero-order valence-corrected chi connectivity index (χ0v) is 15.6. The van der Waals surface area contributed by atoms with Crippen LogP contribution in [0.5, 0.6) is 5.75 Å². The van der Waals surface area contributed by atoms with Gasteiger partial charge in [-0.2, -0.15) is 0 Å². The van der Waals surface area contributed by atoms with Crippen LogP contribution in [0.2, 0.25) is 5.02 Å². The van der Waals surface area contributed by atoms with E-state index in [0.717, 1.165) is 41.3 Å². The van der Waals surface area contributed by atoms with Gasteiger partial charge in [-0.05, 0) is 43.2 Å². The first kappa shape index (κ1) is 18.5. The van der Waals surface area contributed by atoms with Crippen molar-refractivity contribution in [2.45, 2.75) is 53.1 Å². The average Bonchev–Trinajstić information content (AvgIpc) is 3.01. The summed E-state index contributed by atoms with van der Waals surface area (Å²) in [5.41, 5.74) is 4.36. The van der Waals surface area contributed by atoms with Crippen LogP contribution in [-0.4, -0.2) is 10.7 Å². The maximum absolute atomic E-state index is 7.73. The van der Waals surface area contributed by atoms with Crippen molar-refractivity contribution in [2.24, 2.45) is 0 Å². The summed E-state index contributed by atoms with van der Waals surface area (Å²) >= 11 is 6.23. The standard InChI is InChI=1S/C18H19ClN2O.C2H6/c1-3-5-12-8-14(19)9-13-10-17(22-18(12)13)16-7-4-6-15(21-16)11(2)20;1-2/h4,6-9,17,20H,3,5,10H2,1-2H3;1-2H3. The minimum Gasteiger partial charge on any atom is -0.483 e. The summed E-state index contributed by atoms with van der Waals surface area (Å²) in [6.07, 6.45) is 2.70. The summed E-state index contributed by atoms with van der Waals surface area (Å²) in [4.78, 5) is 4.55. The summed E-state index contributed by atoms with van der Waals surface area (Å²) in [7, 11) is 0. The van der Waals surface area contributed by atoms with Crippen LogP contribution in [-0.2, 0) is 12.8 Å². The molecule has 1 aromatic heterocycles. The van der Waals surface area contributed by atoms with Gasteiger partial charge in [0.25, 0.3) is 0 Å². The largest absolute Gasteiger partial charge is 0.483 e. The molecule has 1 N–H and O–H groups in total. The van der Waals surface area contributed by atoms with Gasteiger partial charge in [0.1, 0.15) is 11.9 Å². The van der Waals surface area contributed by atoms with Crippen molar-refractivity contribution >= 4 is 17.3 Å². The van der Waals surface area contributed by atoms with Gasteiger partial charge in [-0.15, -0.1) is 0 Å². The van der Waals surface area contributed by atoms with Gasteiger partial charge in [0, 0.05) is 17.0 Å². The molecule has 24 heavy (non-hydrogen) atoms. The Balaban J connectivity index is 0.00000100. The van der Waals surface area contributed by atoms with E-state index in [1.807, 2.05) is 44.2 Å². The van der Waals surface area contributed by atoms with E-state index < -0.39 is 0 Å². The number of nitrogens with zero attached hydrogens (tertiary/aromatic N) is 1. The van der Waals surface area contributed by atoms with Gasteiger partial charge in [0.15, 0.2) is 0 Å². The number of hydrogen-bond acceptors (Lipinski definition) is 3. The number of ether oxygens (including phenoxy) is 1. The number of aryl methyl sites for hydroxylation is 1. The summed E-state index contributed by atoms with van der Waals surface area (Å²) in [5, 5.41) is 8.50. The molecule has 0 aliphatic carbocycles. The van der Waals surface area contributed by atoms with Crippen molar-refractivity contribution in [1.29, 1.82) is 5.41 Å². The lowest BCUT2D eigenvalue weighted by Gasteiger charge is -2.13. The first-order valence-corrected chi connectivity index (χ1v) is 8.96. The predicted molar refractivity (Wildman–Crippen MR) is 101 cm³/mol. The molecule has 1 aliphatic heterocycles. The molecule has 0 bridgehead atoms. The second-order valence-corrected chi connectivity index (χ2v) is 6.12. The van der Waals surface area contributed by atoms with Crippen molar-refractivity contribution in [3.05, 3.63) is 57.9 Å². The number of rotatable bonds is 4. The van der Waals surface area contributed by atoms with E-state index in [1.54, 1.807) is 6.92 Å². The number of fused-ring (bicyclic) bond motifs is 1. The minimum atomic E-state index is -0.0941. The molecule has 0 fully saturated rings. The second-order valence-electron chi connectivity index (χ2n) is 5.69. The molecule has 3 nitrogen and oxygen atoms in total. The van der Waals surface area contributed by atoms with Crippen LogP contribution < -0.4 is 4.74 Å². The minimum absolute atomic E-state index is 0.0941. The molecule has 2 heterocycles. The van der Waals surface area contributed by atoms with E-state index in [4.69, 9.17) is 21.7 Å². The van der Waals surface area contributed by atoms with Crippen LogP contribution in [0.1, 0.15) is 62.7 Å². The zero-order chi connectivity index (χ0) is 17.7. The number of hydrogen-bond donors (Lipinski definition) is 1. The molecule has 0 saturated heterocycles. The molecule has 2 aromatic rings. The molecular weight excluding hydrogens is 320 g/mol. The predicted octanol–water partition coefficient (Wildman–Crippen LogP) is 5.78. The monoisotopic (exact) mass is 344 g/mol. The molecule has 1 unspecified atom stereocenters. The van der Waals surface area contributed by atoms with Crippen LogP contribution in [0.25, 0.3) is 0 Å². The van der Waals surface area contributed by atoms with Gasteiger partial charge in [-0.1, -0.05) is 44.9 Å². The van der Waals surface area contributed by atoms with Crippen LogP contribution in [0, 0.1) is 5.41 Å². The Labute approximate surface area is 149 Å². The van der Waals surface area contributed by atoms with Crippen molar-refractivity contribution in [3.8, 4) is 5.75 Å². The molecule has 0 amide bonds. The lowest BCUT2D eigenvalue weighted by Crippen LogP contribution is -2.08. The highest BCUT2D eigenvalue weighted by atomic mass is 35.5. The Kier molecular flexibility index (Phi) is 6.38. The number of nitrogens with one attached hydrogen (secondary N) is 1. The highest BCUT2D eigenvalue weighted by Crippen LogP contribution is 2.40. The van der Waals surface area contributed by atoms with E-state index in [0.29, 0.717) is 11.4 Å². The SMILES string of the molecule is CC.CCCc1cc(Cl)cc2c1OC(c1cccc(C(C)=N)n1)C2. The van der Waals surface area contributed by atoms with Gasteiger partial charge in [0.2, 0.25) is 0 Å². The van der Waals surface area contributed by atoms with Crippen molar-refractivity contribution in [2.75, 3.05) is 0 Å². The van der Waals surface area contributed by atoms with Gasteiger partial charge in [-0.25, -0.2) is 4.98 Å². The molecule has 1 atom stereocenters. The number of benzene rings is 1. The van der Waals surface area contributed by atoms with Crippen molar-refractivity contribution in [1.82, 2.24) is 4.98 Å². The zero-order valence-electron chi connectivity index (χ0n) is 14.8.